The number of aryl methyl sites for hydroxylation is 3. The Morgan fingerprint density at radius 3 is 2.75 bits per heavy atom. The first-order valence-electron chi connectivity index (χ1n) is 8.86. The van der Waals surface area contributed by atoms with Crippen LogP contribution in [0.5, 0.6) is 0 Å². The van der Waals surface area contributed by atoms with Crippen molar-refractivity contribution >= 4 is 23.2 Å². The summed E-state index contributed by atoms with van der Waals surface area (Å²) >= 11 is 1.28. The predicted molar refractivity (Wildman–Crippen MR) is 107 cm³/mol. The van der Waals surface area contributed by atoms with Gasteiger partial charge < -0.3 is 10.4 Å². The lowest BCUT2D eigenvalue weighted by atomic mass is 9.98. The van der Waals surface area contributed by atoms with Gasteiger partial charge in [0.25, 0.3) is 5.91 Å². The van der Waals surface area contributed by atoms with Crippen LogP contribution in [0.3, 0.4) is 0 Å². The molecule has 7 nitrogen and oxygen atoms in total. The van der Waals surface area contributed by atoms with Crippen LogP contribution < -0.4 is 5.32 Å². The van der Waals surface area contributed by atoms with Gasteiger partial charge in [-0.2, -0.15) is 5.10 Å². The van der Waals surface area contributed by atoms with Crippen LogP contribution in [0.2, 0.25) is 0 Å². The zero-order valence-corrected chi connectivity index (χ0v) is 16.8. The molecule has 0 aliphatic carbocycles. The molecule has 8 heteroatoms. The van der Waals surface area contributed by atoms with E-state index < -0.39 is 11.9 Å². The quantitative estimate of drug-likeness (QED) is 0.638. The molecule has 0 fully saturated rings. The number of carboxylic acid groups (broad SMARTS) is 1. The summed E-state index contributed by atoms with van der Waals surface area (Å²) in [5.74, 6) is -1.93. The Morgan fingerprint density at radius 2 is 2.11 bits per heavy atom. The number of aliphatic carboxylic acids is 1. The average Bonchev–Trinajstić information content (AvgIpc) is 3.24. The Labute approximate surface area is 167 Å². The second-order valence-electron chi connectivity index (χ2n) is 6.77. The van der Waals surface area contributed by atoms with Gasteiger partial charge in [0, 0.05) is 25.4 Å². The standard InChI is InChI=1S/C20H22N4O3S/c1-12-5-4-6-14(7-12)8-15(20(26)27)9-21-18(25)17-13(2)23-19(28-17)16-10-22-24(3)11-16/h4-7,10-11,15H,8-9H2,1-3H3,(H,21,25)(H,26,27). The molecule has 0 radical (unpaired) electrons. The van der Waals surface area contributed by atoms with Gasteiger partial charge in [-0.05, 0) is 25.8 Å². The molecule has 2 aromatic heterocycles. The van der Waals surface area contributed by atoms with Crippen LogP contribution in [-0.2, 0) is 18.3 Å². The zero-order valence-electron chi connectivity index (χ0n) is 16.0. The Bertz CT molecular complexity index is 1010. The summed E-state index contributed by atoms with van der Waals surface area (Å²) in [5, 5.41) is 17.1. The summed E-state index contributed by atoms with van der Waals surface area (Å²) in [4.78, 5) is 29.1. The molecule has 146 valence electrons. The SMILES string of the molecule is Cc1cccc(CC(CNC(=O)c2sc(-c3cnn(C)c3)nc2C)C(=O)O)c1. The first-order chi connectivity index (χ1) is 13.3. The number of amides is 1. The number of carbonyl (C=O) groups is 2. The molecule has 28 heavy (non-hydrogen) atoms. The molecule has 1 aromatic carbocycles. The van der Waals surface area contributed by atoms with Crippen LogP contribution in [0.4, 0.5) is 0 Å². The molecule has 1 atom stereocenters. The number of carboxylic acids is 1. The van der Waals surface area contributed by atoms with E-state index >= 15 is 0 Å². The van der Waals surface area contributed by atoms with Gasteiger partial charge in [0.2, 0.25) is 0 Å². The van der Waals surface area contributed by atoms with Gasteiger partial charge in [0.05, 0.1) is 17.8 Å². The molecular weight excluding hydrogens is 376 g/mol. The van der Waals surface area contributed by atoms with Crippen LogP contribution in [0.1, 0.15) is 26.5 Å². The predicted octanol–water partition coefficient (Wildman–Crippen LogP) is 2.83. The minimum Gasteiger partial charge on any atom is -0.481 e. The van der Waals surface area contributed by atoms with Gasteiger partial charge in [-0.3, -0.25) is 14.3 Å². The summed E-state index contributed by atoms with van der Waals surface area (Å²) < 4.78 is 1.68. The van der Waals surface area contributed by atoms with Crippen LogP contribution >= 0.6 is 11.3 Å². The lowest BCUT2D eigenvalue weighted by Crippen LogP contribution is -2.34. The molecule has 1 unspecified atom stereocenters. The maximum Gasteiger partial charge on any atom is 0.308 e. The van der Waals surface area contributed by atoms with Crippen molar-refractivity contribution in [1.82, 2.24) is 20.1 Å². The Morgan fingerprint density at radius 1 is 1.32 bits per heavy atom. The maximum atomic E-state index is 12.6. The Hall–Kier alpha value is -3.00. The second kappa shape index (κ2) is 8.35. The molecule has 0 saturated heterocycles. The van der Waals surface area contributed by atoms with Crippen LogP contribution in [-0.4, -0.2) is 38.3 Å². The lowest BCUT2D eigenvalue weighted by molar-refractivity contribution is -0.141. The van der Waals surface area contributed by atoms with E-state index in [1.807, 2.05) is 44.4 Å². The van der Waals surface area contributed by atoms with E-state index in [1.54, 1.807) is 17.8 Å². The van der Waals surface area contributed by atoms with E-state index in [0.29, 0.717) is 22.0 Å². The number of hydrogen-bond donors (Lipinski definition) is 2. The van der Waals surface area contributed by atoms with Crippen LogP contribution in [0, 0.1) is 19.8 Å². The number of nitrogens with zero attached hydrogens (tertiary/aromatic N) is 3. The number of hydrogen-bond acceptors (Lipinski definition) is 5. The molecular formula is C20H22N4O3S. The number of benzene rings is 1. The molecule has 3 aromatic rings. The van der Waals surface area contributed by atoms with Crippen molar-refractivity contribution < 1.29 is 14.7 Å². The van der Waals surface area contributed by atoms with E-state index in [1.165, 1.54) is 11.3 Å². The molecule has 0 spiro atoms. The fraction of sp³-hybridized carbons (Fsp3) is 0.300. The van der Waals surface area contributed by atoms with Crippen LogP contribution in [0.25, 0.3) is 10.6 Å². The summed E-state index contributed by atoms with van der Waals surface area (Å²) in [6, 6.07) is 7.74. The maximum absolute atomic E-state index is 12.6. The molecule has 1 amide bonds. The number of aromatic nitrogens is 3. The molecule has 0 aliphatic heterocycles. The van der Waals surface area contributed by atoms with Crippen molar-refractivity contribution in [2.75, 3.05) is 6.54 Å². The third-order valence-corrected chi connectivity index (χ3v) is 5.58. The fourth-order valence-electron chi connectivity index (χ4n) is 2.93. The van der Waals surface area contributed by atoms with Crippen molar-refractivity contribution in [2.45, 2.75) is 20.3 Å². The zero-order chi connectivity index (χ0) is 20.3. The van der Waals surface area contributed by atoms with Crippen molar-refractivity contribution in [3.8, 4) is 10.6 Å². The minimum atomic E-state index is -0.932. The first kappa shape index (κ1) is 19.8. The molecule has 2 N–H and O–H groups in total. The monoisotopic (exact) mass is 398 g/mol. The minimum absolute atomic E-state index is 0.0572. The van der Waals surface area contributed by atoms with Crippen molar-refractivity contribution in [1.29, 1.82) is 0 Å². The van der Waals surface area contributed by atoms with E-state index in [-0.39, 0.29) is 12.5 Å². The molecule has 0 saturated carbocycles. The third-order valence-electron chi connectivity index (χ3n) is 4.38. The van der Waals surface area contributed by atoms with Crippen molar-refractivity contribution in [2.24, 2.45) is 13.0 Å². The molecule has 2 heterocycles. The Kier molecular flexibility index (Phi) is 5.89. The van der Waals surface area contributed by atoms with Crippen molar-refractivity contribution in [3.05, 3.63) is 58.4 Å². The van der Waals surface area contributed by atoms with E-state index in [2.05, 4.69) is 15.4 Å². The number of thiazole rings is 1. The van der Waals surface area contributed by atoms with Gasteiger partial charge in [-0.1, -0.05) is 29.8 Å². The van der Waals surface area contributed by atoms with Crippen molar-refractivity contribution in [3.63, 3.8) is 0 Å². The van der Waals surface area contributed by atoms with Crippen LogP contribution in [0.15, 0.2) is 36.7 Å². The molecule has 0 aliphatic rings. The van der Waals surface area contributed by atoms with Gasteiger partial charge in [0.1, 0.15) is 9.88 Å². The van der Waals surface area contributed by atoms with E-state index in [4.69, 9.17) is 0 Å². The number of rotatable bonds is 7. The third kappa shape index (κ3) is 4.64. The summed E-state index contributed by atoms with van der Waals surface area (Å²) in [6.07, 6.45) is 3.89. The summed E-state index contributed by atoms with van der Waals surface area (Å²) in [7, 11) is 1.82. The summed E-state index contributed by atoms with van der Waals surface area (Å²) in [6.45, 7) is 3.79. The average molecular weight is 398 g/mol. The van der Waals surface area contributed by atoms with Gasteiger partial charge in [-0.15, -0.1) is 11.3 Å². The number of carbonyl (C=O) groups excluding carboxylic acids is 1. The van der Waals surface area contributed by atoms with Gasteiger partial charge in [0.15, 0.2) is 0 Å². The van der Waals surface area contributed by atoms with Gasteiger partial charge in [-0.25, -0.2) is 4.98 Å². The first-order valence-corrected chi connectivity index (χ1v) is 9.68. The molecule has 0 bridgehead atoms. The molecule has 3 rings (SSSR count). The van der Waals surface area contributed by atoms with E-state index in [9.17, 15) is 14.7 Å². The largest absolute Gasteiger partial charge is 0.481 e. The highest BCUT2D eigenvalue weighted by Gasteiger charge is 2.22. The highest BCUT2D eigenvalue weighted by molar-refractivity contribution is 7.17. The fourth-order valence-corrected chi connectivity index (χ4v) is 3.89. The summed E-state index contributed by atoms with van der Waals surface area (Å²) in [5.41, 5.74) is 3.48. The van der Waals surface area contributed by atoms with Gasteiger partial charge >= 0.3 is 5.97 Å². The Balaban J connectivity index is 1.68. The topological polar surface area (TPSA) is 97.1 Å². The highest BCUT2D eigenvalue weighted by Crippen LogP contribution is 2.27. The lowest BCUT2D eigenvalue weighted by Gasteiger charge is -2.13. The second-order valence-corrected chi connectivity index (χ2v) is 7.77. The normalized spacial score (nSPS) is 12.0. The highest BCUT2D eigenvalue weighted by atomic mass is 32.1. The smallest absolute Gasteiger partial charge is 0.308 e. The van der Waals surface area contributed by atoms with E-state index in [0.717, 1.165) is 16.7 Å². The number of nitrogens with one attached hydrogen (secondary N) is 1.